The molecular weight excluding hydrogens is 292 g/mol. The molecule has 0 unspecified atom stereocenters. The van der Waals surface area contributed by atoms with Crippen molar-refractivity contribution in [2.24, 2.45) is 35.0 Å². The fraction of sp³-hybridized carbons (Fsp3) is 0.913. The lowest BCUT2D eigenvalue weighted by Crippen LogP contribution is -2.52. The molecule has 0 spiro atoms. The standard InChI is InChI=1S/C23H38O/c1-4-17-7-6-8-21-20-10-9-16-15-23(24,5-2)14-12-18(16)19(20)11-13-22(17,21)3/h4,16,18-21,24H,5-15H2,1-3H3/b17-4-/t16-,18+,19-,20-,21+,22-,23-/m1/s1. The largest absolute Gasteiger partial charge is 0.390 e. The van der Waals surface area contributed by atoms with Crippen LogP contribution in [0.1, 0.15) is 91.4 Å². The van der Waals surface area contributed by atoms with Gasteiger partial charge in [-0.2, -0.15) is 0 Å². The minimum atomic E-state index is -0.333. The monoisotopic (exact) mass is 330 g/mol. The van der Waals surface area contributed by atoms with Gasteiger partial charge >= 0.3 is 0 Å². The first kappa shape index (κ1) is 17.1. The van der Waals surface area contributed by atoms with E-state index in [1.165, 1.54) is 51.4 Å². The van der Waals surface area contributed by atoms with Crippen LogP contribution in [0, 0.1) is 35.0 Å². The molecule has 0 aromatic rings. The molecule has 24 heavy (non-hydrogen) atoms. The first-order chi connectivity index (χ1) is 11.5. The van der Waals surface area contributed by atoms with E-state index in [9.17, 15) is 5.11 Å². The molecule has 0 heterocycles. The van der Waals surface area contributed by atoms with Crippen LogP contribution in [0.15, 0.2) is 11.6 Å². The van der Waals surface area contributed by atoms with Crippen molar-refractivity contribution in [3.63, 3.8) is 0 Å². The van der Waals surface area contributed by atoms with Crippen LogP contribution in [-0.2, 0) is 0 Å². The van der Waals surface area contributed by atoms with E-state index in [1.54, 1.807) is 5.57 Å². The Bertz CT molecular complexity index is 508. The van der Waals surface area contributed by atoms with Gasteiger partial charge in [-0.25, -0.2) is 0 Å². The first-order valence-electron chi connectivity index (χ1n) is 10.9. The van der Waals surface area contributed by atoms with E-state index in [1.807, 2.05) is 0 Å². The van der Waals surface area contributed by atoms with Crippen molar-refractivity contribution in [1.29, 1.82) is 0 Å². The van der Waals surface area contributed by atoms with E-state index in [-0.39, 0.29) is 5.60 Å². The minimum absolute atomic E-state index is 0.333. The van der Waals surface area contributed by atoms with Crippen molar-refractivity contribution in [3.05, 3.63) is 11.6 Å². The predicted molar refractivity (Wildman–Crippen MR) is 101 cm³/mol. The summed E-state index contributed by atoms with van der Waals surface area (Å²) in [6.45, 7) is 7.06. The molecule has 7 atom stereocenters. The van der Waals surface area contributed by atoms with Crippen LogP contribution in [-0.4, -0.2) is 10.7 Å². The first-order valence-corrected chi connectivity index (χ1v) is 10.9. The Morgan fingerprint density at radius 1 is 1.04 bits per heavy atom. The van der Waals surface area contributed by atoms with Gasteiger partial charge < -0.3 is 5.11 Å². The van der Waals surface area contributed by atoms with Crippen molar-refractivity contribution in [1.82, 2.24) is 0 Å². The number of hydrogen-bond donors (Lipinski definition) is 1. The highest BCUT2D eigenvalue weighted by Gasteiger charge is 2.54. The molecule has 4 aliphatic rings. The maximum absolute atomic E-state index is 10.8. The maximum Gasteiger partial charge on any atom is 0.0648 e. The molecule has 136 valence electrons. The zero-order valence-electron chi connectivity index (χ0n) is 16.2. The van der Waals surface area contributed by atoms with Gasteiger partial charge in [-0.05, 0) is 113 Å². The quantitative estimate of drug-likeness (QED) is 0.574. The number of allylic oxidation sites excluding steroid dienone is 2. The van der Waals surface area contributed by atoms with Crippen molar-refractivity contribution >= 4 is 0 Å². The molecule has 1 heteroatoms. The highest BCUT2D eigenvalue weighted by atomic mass is 16.3. The molecule has 0 aliphatic heterocycles. The van der Waals surface area contributed by atoms with Crippen LogP contribution in [0.4, 0.5) is 0 Å². The van der Waals surface area contributed by atoms with Gasteiger partial charge in [0, 0.05) is 0 Å². The predicted octanol–water partition coefficient (Wildman–Crippen LogP) is 6.12. The summed E-state index contributed by atoms with van der Waals surface area (Å²) in [5, 5.41) is 10.8. The average molecular weight is 331 g/mol. The van der Waals surface area contributed by atoms with Gasteiger partial charge in [-0.3, -0.25) is 0 Å². The zero-order valence-corrected chi connectivity index (χ0v) is 16.2. The molecule has 0 bridgehead atoms. The molecule has 4 aliphatic carbocycles. The third-order valence-corrected chi connectivity index (χ3v) is 9.19. The van der Waals surface area contributed by atoms with Crippen LogP contribution >= 0.6 is 0 Å². The number of fused-ring (bicyclic) bond motifs is 5. The van der Waals surface area contributed by atoms with Gasteiger partial charge in [0.25, 0.3) is 0 Å². The maximum atomic E-state index is 10.8. The van der Waals surface area contributed by atoms with E-state index in [0.717, 1.165) is 48.9 Å². The number of rotatable bonds is 1. The van der Waals surface area contributed by atoms with Crippen LogP contribution < -0.4 is 0 Å². The molecule has 0 amide bonds. The van der Waals surface area contributed by atoms with E-state index in [2.05, 4.69) is 26.8 Å². The third-order valence-electron chi connectivity index (χ3n) is 9.19. The molecule has 1 nitrogen and oxygen atoms in total. The Labute approximate surface area is 149 Å². The molecule has 0 saturated heterocycles. The number of hydrogen-bond acceptors (Lipinski definition) is 1. The SMILES string of the molecule is C/C=C1/CCC[C@H]2[C@@H]3CC[C@@H]4C[C@@](O)(CC)CC[C@@H]4[C@H]3CC[C@]12C. The highest BCUT2D eigenvalue weighted by molar-refractivity contribution is 5.20. The summed E-state index contributed by atoms with van der Waals surface area (Å²) in [5.41, 5.74) is 1.96. The molecule has 0 aromatic carbocycles. The van der Waals surface area contributed by atoms with E-state index in [0.29, 0.717) is 5.41 Å². The molecular formula is C23H38O. The van der Waals surface area contributed by atoms with E-state index >= 15 is 0 Å². The van der Waals surface area contributed by atoms with Crippen LogP contribution in [0.3, 0.4) is 0 Å². The second kappa shape index (κ2) is 6.15. The normalized spacial score (nSPS) is 53.2. The average Bonchev–Trinajstić information content (AvgIpc) is 2.60. The van der Waals surface area contributed by atoms with E-state index in [4.69, 9.17) is 0 Å². The molecule has 4 fully saturated rings. The highest BCUT2D eigenvalue weighted by Crippen LogP contribution is 2.63. The fourth-order valence-corrected chi connectivity index (χ4v) is 7.81. The van der Waals surface area contributed by atoms with Gasteiger partial charge in [-0.15, -0.1) is 0 Å². The summed E-state index contributed by atoms with van der Waals surface area (Å²) in [7, 11) is 0. The van der Waals surface area contributed by atoms with Gasteiger partial charge in [-0.1, -0.05) is 25.5 Å². The van der Waals surface area contributed by atoms with Crippen molar-refractivity contribution in [2.75, 3.05) is 0 Å². The van der Waals surface area contributed by atoms with Gasteiger partial charge in [0.15, 0.2) is 0 Å². The summed E-state index contributed by atoms with van der Waals surface area (Å²) in [6.07, 6.45) is 16.9. The summed E-state index contributed by atoms with van der Waals surface area (Å²) < 4.78 is 0. The van der Waals surface area contributed by atoms with Crippen LogP contribution in [0.2, 0.25) is 0 Å². The Hall–Kier alpha value is -0.300. The lowest BCUT2D eigenvalue weighted by Gasteiger charge is -2.59. The van der Waals surface area contributed by atoms with E-state index < -0.39 is 0 Å². The Balaban J connectivity index is 1.56. The molecule has 0 aromatic heterocycles. The van der Waals surface area contributed by atoms with Gasteiger partial charge in [0.05, 0.1) is 5.60 Å². The zero-order chi connectivity index (χ0) is 16.9. The smallest absolute Gasteiger partial charge is 0.0648 e. The topological polar surface area (TPSA) is 20.2 Å². The summed E-state index contributed by atoms with van der Waals surface area (Å²) in [6, 6.07) is 0. The molecule has 4 saturated carbocycles. The van der Waals surface area contributed by atoms with Crippen molar-refractivity contribution in [3.8, 4) is 0 Å². The Morgan fingerprint density at radius 2 is 1.83 bits per heavy atom. The Kier molecular flexibility index (Phi) is 4.39. The molecule has 0 radical (unpaired) electrons. The second-order valence-electron chi connectivity index (χ2n) is 9.92. The van der Waals surface area contributed by atoms with Crippen molar-refractivity contribution in [2.45, 2.75) is 97.0 Å². The Morgan fingerprint density at radius 3 is 2.58 bits per heavy atom. The summed E-state index contributed by atoms with van der Waals surface area (Å²) in [5.74, 6) is 4.65. The second-order valence-corrected chi connectivity index (χ2v) is 9.92. The van der Waals surface area contributed by atoms with Crippen molar-refractivity contribution < 1.29 is 5.11 Å². The number of aliphatic hydroxyl groups is 1. The molecule has 4 rings (SSSR count). The van der Waals surface area contributed by atoms with Crippen LogP contribution in [0.5, 0.6) is 0 Å². The fourth-order valence-electron chi connectivity index (χ4n) is 7.81. The third kappa shape index (κ3) is 2.52. The minimum Gasteiger partial charge on any atom is -0.390 e. The van der Waals surface area contributed by atoms with Crippen LogP contribution in [0.25, 0.3) is 0 Å². The molecule has 1 N–H and O–H groups in total. The lowest BCUT2D eigenvalue weighted by molar-refractivity contribution is -0.106. The van der Waals surface area contributed by atoms with Gasteiger partial charge in [0.1, 0.15) is 0 Å². The summed E-state index contributed by atoms with van der Waals surface area (Å²) in [4.78, 5) is 0. The summed E-state index contributed by atoms with van der Waals surface area (Å²) >= 11 is 0. The lowest BCUT2D eigenvalue weighted by atomic mass is 9.46. The van der Waals surface area contributed by atoms with Gasteiger partial charge in [0.2, 0.25) is 0 Å².